The first-order valence-corrected chi connectivity index (χ1v) is 3.73. The van der Waals surface area contributed by atoms with Crippen LogP contribution in [-0.4, -0.2) is 29.8 Å². The van der Waals surface area contributed by atoms with Gasteiger partial charge in [-0.25, -0.2) is 0 Å². The highest BCUT2D eigenvalue weighted by atomic mass is 19.4. The number of halogens is 3. The molecule has 3 nitrogen and oxygen atoms in total. The molecule has 0 fully saturated rings. The van der Waals surface area contributed by atoms with Crippen molar-refractivity contribution in [2.75, 3.05) is 6.61 Å². The van der Waals surface area contributed by atoms with E-state index in [4.69, 9.17) is 5.11 Å². The fraction of sp³-hybridized carbons (Fsp3) is 0.857. The van der Waals surface area contributed by atoms with Gasteiger partial charge in [0.25, 0.3) is 0 Å². The third kappa shape index (κ3) is 4.12. The first kappa shape index (κ1) is 12.2. The maximum atomic E-state index is 12.1. The molecule has 0 rings (SSSR count). The highest BCUT2D eigenvalue weighted by Gasteiger charge is 2.41. The number of amides is 1. The van der Waals surface area contributed by atoms with Crippen molar-refractivity contribution in [1.29, 1.82) is 0 Å². The Balaban J connectivity index is 4.31. The lowest BCUT2D eigenvalue weighted by molar-refractivity contribution is -0.180. The Morgan fingerprint density at radius 2 is 2.00 bits per heavy atom. The second-order valence-corrected chi connectivity index (χ2v) is 2.82. The summed E-state index contributed by atoms with van der Waals surface area (Å²) in [6.07, 6.45) is -4.41. The van der Waals surface area contributed by atoms with Crippen LogP contribution in [0.4, 0.5) is 13.2 Å². The molecule has 13 heavy (non-hydrogen) atoms. The molecule has 0 aromatic heterocycles. The molecule has 0 aliphatic carbocycles. The van der Waals surface area contributed by atoms with Gasteiger partial charge in [-0.3, -0.25) is 4.79 Å². The molecule has 0 spiro atoms. The van der Waals surface area contributed by atoms with E-state index in [9.17, 15) is 18.0 Å². The molecule has 0 aliphatic heterocycles. The van der Waals surface area contributed by atoms with E-state index in [-0.39, 0.29) is 0 Å². The van der Waals surface area contributed by atoms with E-state index in [0.29, 0.717) is 0 Å². The highest BCUT2D eigenvalue weighted by Crippen LogP contribution is 2.28. The van der Waals surface area contributed by atoms with Gasteiger partial charge in [0.05, 0.1) is 18.6 Å². The van der Waals surface area contributed by atoms with E-state index in [0.717, 1.165) is 13.8 Å². The third-order valence-electron chi connectivity index (χ3n) is 1.71. The van der Waals surface area contributed by atoms with Crippen LogP contribution in [0, 0.1) is 5.92 Å². The molecular formula is C7H12F3NO2. The van der Waals surface area contributed by atoms with Crippen molar-refractivity contribution in [3.05, 3.63) is 0 Å². The minimum Gasteiger partial charge on any atom is -0.394 e. The van der Waals surface area contributed by atoms with Gasteiger partial charge in [0, 0.05) is 6.92 Å². The summed E-state index contributed by atoms with van der Waals surface area (Å²) < 4.78 is 36.2. The maximum Gasteiger partial charge on any atom is 0.393 e. The summed E-state index contributed by atoms with van der Waals surface area (Å²) >= 11 is 0. The van der Waals surface area contributed by atoms with E-state index in [1.165, 1.54) is 0 Å². The van der Waals surface area contributed by atoms with Gasteiger partial charge in [-0.15, -0.1) is 0 Å². The second kappa shape index (κ2) is 4.45. The normalized spacial score (nSPS) is 16.5. The first-order valence-electron chi connectivity index (χ1n) is 3.73. The number of aliphatic hydroxyl groups excluding tert-OH is 1. The van der Waals surface area contributed by atoms with Crippen LogP contribution in [0.3, 0.4) is 0 Å². The predicted octanol–water partition coefficient (Wildman–Crippen LogP) is 0.682. The van der Waals surface area contributed by atoms with Gasteiger partial charge >= 0.3 is 6.18 Å². The van der Waals surface area contributed by atoms with Gasteiger partial charge < -0.3 is 10.4 Å². The summed E-state index contributed by atoms with van der Waals surface area (Å²) in [5.74, 6) is -2.34. The molecule has 1 amide bonds. The topological polar surface area (TPSA) is 49.3 Å². The number of nitrogens with one attached hydrogen (secondary N) is 1. The van der Waals surface area contributed by atoms with Gasteiger partial charge in [-0.2, -0.15) is 13.2 Å². The summed E-state index contributed by atoms with van der Waals surface area (Å²) in [6, 6.07) is -1.27. The molecule has 0 aromatic rings. The van der Waals surface area contributed by atoms with Crippen LogP contribution in [-0.2, 0) is 4.79 Å². The molecule has 0 unspecified atom stereocenters. The van der Waals surface area contributed by atoms with Gasteiger partial charge in [0.1, 0.15) is 0 Å². The summed E-state index contributed by atoms with van der Waals surface area (Å²) in [5, 5.41) is 10.6. The SMILES string of the molecule is CC(=O)N[C@H](CO)[C@@H](C)C(F)(F)F. The summed E-state index contributed by atoms with van der Waals surface area (Å²) in [5.41, 5.74) is 0. The summed E-state index contributed by atoms with van der Waals surface area (Å²) in [7, 11) is 0. The molecule has 2 N–H and O–H groups in total. The van der Waals surface area contributed by atoms with Crippen molar-refractivity contribution in [3.63, 3.8) is 0 Å². The standard InChI is InChI=1S/C7H12F3NO2/c1-4(7(8,9)10)6(3-12)11-5(2)13/h4,6,12H,3H2,1-2H3,(H,11,13)/t4-,6-/m1/s1. The zero-order valence-corrected chi connectivity index (χ0v) is 7.35. The predicted molar refractivity (Wildman–Crippen MR) is 39.9 cm³/mol. The van der Waals surface area contributed by atoms with Crippen molar-refractivity contribution >= 4 is 5.91 Å². The van der Waals surface area contributed by atoms with Crippen molar-refractivity contribution in [3.8, 4) is 0 Å². The molecule has 0 aromatic carbocycles. The summed E-state index contributed by atoms with van der Waals surface area (Å²) in [4.78, 5) is 10.5. The van der Waals surface area contributed by atoms with E-state index < -0.39 is 30.7 Å². The Kier molecular flexibility index (Phi) is 4.19. The van der Waals surface area contributed by atoms with E-state index in [2.05, 4.69) is 0 Å². The van der Waals surface area contributed by atoms with Crippen LogP contribution >= 0.6 is 0 Å². The minimum atomic E-state index is -4.41. The van der Waals surface area contributed by atoms with Crippen LogP contribution in [0.1, 0.15) is 13.8 Å². The lowest BCUT2D eigenvalue weighted by atomic mass is 10.0. The van der Waals surface area contributed by atoms with E-state index >= 15 is 0 Å². The molecule has 78 valence electrons. The smallest absolute Gasteiger partial charge is 0.393 e. The Labute approximate surface area is 73.9 Å². The highest BCUT2D eigenvalue weighted by molar-refractivity contribution is 5.73. The monoisotopic (exact) mass is 199 g/mol. The van der Waals surface area contributed by atoms with Gasteiger partial charge in [-0.1, -0.05) is 6.92 Å². The number of hydrogen-bond donors (Lipinski definition) is 2. The zero-order valence-electron chi connectivity index (χ0n) is 7.35. The number of hydrogen-bond acceptors (Lipinski definition) is 2. The number of carbonyl (C=O) groups excluding carboxylic acids is 1. The number of carbonyl (C=O) groups is 1. The average molecular weight is 199 g/mol. The Morgan fingerprint density at radius 3 is 2.23 bits per heavy atom. The van der Waals surface area contributed by atoms with Crippen LogP contribution in [0.5, 0.6) is 0 Å². The Hall–Kier alpha value is -0.780. The molecule has 0 bridgehead atoms. The molecule has 2 atom stereocenters. The van der Waals surface area contributed by atoms with Gasteiger partial charge in [-0.05, 0) is 0 Å². The molecular weight excluding hydrogens is 187 g/mol. The molecule has 0 aliphatic rings. The number of aliphatic hydroxyl groups is 1. The molecule has 0 radical (unpaired) electrons. The lowest BCUT2D eigenvalue weighted by Crippen LogP contribution is -2.46. The molecule has 0 saturated carbocycles. The van der Waals surface area contributed by atoms with Gasteiger partial charge in [0.2, 0.25) is 5.91 Å². The third-order valence-corrected chi connectivity index (χ3v) is 1.71. The molecule has 6 heteroatoms. The molecule has 0 heterocycles. The Morgan fingerprint density at radius 1 is 1.54 bits per heavy atom. The zero-order chi connectivity index (χ0) is 10.6. The van der Waals surface area contributed by atoms with Gasteiger partial charge in [0.15, 0.2) is 0 Å². The van der Waals surface area contributed by atoms with Crippen LogP contribution < -0.4 is 5.32 Å². The first-order chi connectivity index (χ1) is 5.79. The second-order valence-electron chi connectivity index (χ2n) is 2.82. The maximum absolute atomic E-state index is 12.1. The molecule has 0 saturated heterocycles. The fourth-order valence-electron chi connectivity index (χ4n) is 0.818. The van der Waals surface area contributed by atoms with E-state index in [1.54, 1.807) is 0 Å². The van der Waals surface area contributed by atoms with Crippen molar-refractivity contribution in [1.82, 2.24) is 5.32 Å². The van der Waals surface area contributed by atoms with E-state index in [1.807, 2.05) is 5.32 Å². The quantitative estimate of drug-likeness (QED) is 0.702. The van der Waals surface area contributed by atoms with Crippen molar-refractivity contribution in [2.45, 2.75) is 26.1 Å². The number of alkyl halides is 3. The van der Waals surface area contributed by atoms with Crippen molar-refractivity contribution in [2.24, 2.45) is 5.92 Å². The summed E-state index contributed by atoms with van der Waals surface area (Å²) in [6.45, 7) is 1.29. The largest absolute Gasteiger partial charge is 0.394 e. The lowest BCUT2D eigenvalue weighted by Gasteiger charge is -2.24. The van der Waals surface area contributed by atoms with Crippen LogP contribution in [0.15, 0.2) is 0 Å². The van der Waals surface area contributed by atoms with Crippen LogP contribution in [0.2, 0.25) is 0 Å². The average Bonchev–Trinajstić information content (AvgIpc) is 1.96. The minimum absolute atomic E-state index is 0.588. The Bertz CT molecular complexity index is 181. The fourth-order valence-corrected chi connectivity index (χ4v) is 0.818. The number of rotatable bonds is 3. The van der Waals surface area contributed by atoms with Crippen molar-refractivity contribution < 1.29 is 23.1 Å². The van der Waals surface area contributed by atoms with Crippen LogP contribution in [0.25, 0.3) is 0 Å².